The molecule has 108 valence electrons. The van der Waals surface area contributed by atoms with Crippen molar-refractivity contribution < 1.29 is 9.59 Å². The number of hydrazine groups is 1. The standard InChI is InChI=1S/C15H19BrN2O2/c1-9(2)13(16)15(20)18-17-14(19)12-8-11(12)10-6-4-3-5-7-10/h3-7,9,11-13H,8H2,1-2H3,(H,17,19)(H,18,20)/t11-,12-,13-/m0/s1. The molecular formula is C15H19BrN2O2. The molecule has 2 amide bonds. The first-order valence-electron chi connectivity index (χ1n) is 6.79. The summed E-state index contributed by atoms with van der Waals surface area (Å²) in [5.41, 5.74) is 6.16. The fourth-order valence-electron chi connectivity index (χ4n) is 2.14. The van der Waals surface area contributed by atoms with Gasteiger partial charge in [0.25, 0.3) is 5.91 Å². The number of benzene rings is 1. The molecule has 0 aromatic heterocycles. The van der Waals surface area contributed by atoms with Gasteiger partial charge in [-0.3, -0.25) is 20.4 Å². The van der Waals surface area contributed by atoms with Crippen molar-refractivity contribution in [2.24, 2.45) is 11.8 Å². The number of halogens is 1. The Labute approximate surface area is 127 Å². The first-order chi connectivity index (χ1) is 9.50. The molecule has 1 aromatic carbocycles. The van der Waals surface area contributed by atoms with Gasteiger partial charge in [-0.25, -0.2) is 0 Å². The molecule has 1 fully saturated rings. The van der Waals surface area contributed by atoms with Crippen LogP contribution in [0.4, 0.5) is 0 Å². The van der Waals surface area contributed by atoms with E-state index in [-0.39, 0.29) is 34.4 Å². The maximum atomic E-state index is 11.9. The van der Waals surface area contributed by atoms with Crippen molar-refractivity contribution in [2.75, 3.05) is 0 Å². The van der Waals surface area contributed by atoms with Gasteiger partial charge < -0.3 is 0 Å². The van der Waals surface area contributed by atoms with E-state index in [0.29, 0.717) is 0 Å². The van der Waals surface area contributed by atoms with Crippen LogP contribution in [0.1, 0.15) is 31.7 Å². The van der Waals surface area contributed by atoms with E-state index in [1.54, 1.807) is 0 Å². The second-order valence-electron chi connectivity index (χ2n) is 5.48. The Balaban J connectivity index is 1.79. The fraction of sp³-hybridized carbons (Fsp3) is 0.467. The van der Waals surface area contributed by atoms with Crippen LogP contribution in [0, 0.1) is 11.8 Å². The highest BCUT2D eigenvalue weighted by Gasteiger charge is 2.44. The van der Waals surface area contributed by atoms with E-state index in [0.717, 1.165) is 6.42 Å². The van der Waals surface area contributed by atoms with E-state index in [1.807, 2.05) is 44.2 Å². The van der Waals surface area contributed by atoms with E-state index in [9.17, 15) is 9.59 Å². The minimum absolute atomic E-state index is 0.0366. The van der Waals surface area contributed by atoms with Crippen LogP contribution in [-0.2, 0) is 9.59 Å². The van der Waals surface area contributed by atoms with Crippen molar-refractivity contribution in [1.82, 2.24) is 10.9 Å². The highest BCUT2D eigenvalue weighted by Crippen LogP contribution is 2.47. The molecule has 1 aliphatic carbocycles. The van der Waals surface area contributed by atoms with Gasteiger partial charge in [-0.05, 0) is 23.8 Å². The monoisotopic (exact) mass is 338 g/mol. The number of rotatable bonds is 4. The van der Waals surface area contributed by atoms with Crippen LogP contribution in [0.25, 0.3) is 0 Å². The number of alkyl halides is 1. The maximum absolute atomic E-state index is 11.9. The molecule has 2 rings (SSSR count). The third-order valence-electron chi connectivity index (χ3n) is 3.50. The quantitative estimate of drug-likeness (QED) is 0.654. The van der Waals surface area contributed by atoms with E-state index in [2.05, 4.69) is 26.8 Å². The number of nitrogens with one attached hydrogen (secondary N) is 2. The van der Waals surface area contributed by atoms with Gasteiger partial charge in [-0.15, -0.1) is 0 Å². The zero-order chi connectivity index (χ0) is 14.7. The van der Waals surface area contributed by atoms with Crippen LogP contribution in [0.5, 0.6) is 0 Å². The average Bonchev–Trinajstić information content (AvgIpc) is 3.24. The van der Waals surface area contributed by atoms with Crippen molar-refractivity contribution >= 4 is 27.7 Å². The second kappa shape index (κ2) is 6.39. The largest absolute Gasteiger partial charge is 0.273 e. The summed E-state index contributed by atoms with van der Waals surface area (Å²) in [6, 6.07) is 9.97. The Hall–Kier alpha value is -1.36. The number of carbonyl (C=O) groups is 2. The first kappa shape index (κ1) is 15.0. The summed E-state index contributed by atoms with van der Waals surface area (Å²) in [5.74, 6) is 0.0781. The van der Waals surface area contributed by atoms with Gasteiger partial charge in [-0.2, -0.15) is 0 Å². The number of amides is 2. The molecule has 2 N–H and O–H groups in total. The molecule has 0 spiro atoms. The summed E-state index contributed by atoms with van der Waals surface area (Å²) in [7, 11) is 0. The van der Waals surface area contributed by atoms with Crippen LogP contribution < -0.4 is 10.9 Å². The van der Waals surface area contributed by atoms with Crippen molar-refractivity contribution in [3.05, 3.63) is 35.9 Å². The SMILES string of the molecule is CC(C)[C@H](Br)C(=O)NNC(=O)[C@H]1C[C@H]1c1ccccc1. The molecule has 0 aliphatic heterocycles. The van der Waals surface area contributed by atoms with Gasteiger partial charge in [-0.1, -0.05) is 60.1 Å². The summed E-state index contributed by atoms with van der Waals surface area (Å²) in [4.78, 5) is 23.4. The molecular weight excluding hydrogens is 320 g/mol. The third kappa shape index (κ3) is 3.60. The Bertz CT molecular complexity index is 490. The highest BCUT2D eigenvalue weighted by atomic mass is 79.9. The summed E-state index contributed by atoms with van der Waals surface area (Å²) in [5, 5.41) is 0. The lowest BCUT2D eigenvalue weighted by Gasteiger charge is -2.14. The number of hydrogen-bond acceptors (Lipinski definition) is 2. The molecule has 1 aliphatic rings. The zero-order valence-electron chi connectivity index (χ0n) is 11.6. The molecule has 20 heavy (non-hydrogen) atoms. The minimum atomic E-state index is -0.299. The van der Waals surface area contributed by atoms with Crippen molar-refractivity contribution in [2.45, 2.75) is 31.0 Å². The molecule has 1 saturated carbocycles. The van der Waals surface area contributed by atoms with Crippen LogP contribution in [-0.4, -0.2) is 16.6 Å². The molecule has 0 bridgehead atoms. The van der Waals surface area contributed by atoms with Gasteiger partial charge in [0, 0.05) is 5.92 Å². The van der Waals surface area contributed by atoms with Gasteiger partial charge in [0.2, 0.25) is 5.91 Å². The molecule has 0 radical (unpaired) electrons. The molecule has 0 unspecified atom stereocenters. The molecule has 3 atom stereocenters. The molecule has 0 heterocycles. The summed E-state index contributed by atoms with van der Waals surface area (Å²) >= 11 is 3.30. The number of carbonyl (C=O) groups excluding carboxylic acids is 2. The van der Waals surface area contributed by atoms with Crippen molar-refractivity contribution in [3.63, 3.8) is 0 Å². The fourth-order valence-corrected chi connectivity index (χ4v) is 2.26. The lowest BCUT2D eigenvalue weighted by molar-refractivity contribution is -0.129. The zero-order valence-corrected chi connectivity index (χ0v) is 13.2. The van der Waals surface area contributed by atoms with E-state index >= 15 is 0 Å². The van der Waals surface area contributed by atoms with Crippen LogP contribution in [0.3, 0.4) is 0 Å². The Morgan fingerprint density at radius 1 is 1.20 bits per heavy atom. The van der Waals surface area contributed by atoms with Crippen molar-refractivity contribution in [1.29, 1.82) is 0 Å². The normalized spacial score (nSPS) is 22.2. The molecule has 1 aromatic rings. The summed E-state index contributed by atoms with van der Waals surface area (Å²) in [6.07, 6.45) is 0.841. The Kier molecular flexibility index (Phi) is 4.81. The molecule has 5 heteroatoms. The Morgan fingerprint density at radius 2 is 1.85 bits per heavy atom. The van der Waals surface area contributed by atoms with Crippen LogP contribution in [0.15, 0.2) is 30.3 Å². The Morgan fingerprint density at radius 3 is 2.45 bits per heavy atom. The first-order valence-corrected chi connectivity index (χ1v) is 7.71. The van der Waals surface area contributed by atoms with Crippen molar-refractivity contribution in [3.8, 4) is 0 Å². The summed E-state index contributed by atoms with van der Waals surface area (Å²) in [6.45, 7) is 3.88. The topological polar surface area (TPSA) is 58.2 Å². The van der Waals surface area contributed by atoms with Gasteiger partial charge in [0.15, 0.2) is 0 Å². The van der Waals surface area contributed by atoms with Gasteiger partial charge in [0.1, 0.15) is 0 Å². The maximum Gasteiger partial charge on any atom is 0.252 e. The van der Waals surface area contributed by atoms with E-state index in [4.69, 9.17) is 0 Å². The highest BCUT2D eigenvalue weighted by molar-refractivity contribution is 9.10. The third-order valence-corrected chi connectivity index (χ3v) is 4.97. The van der Waals surface area contributed by atoms with Crippen LogP contribution >= 0.6 is 15.9 Å². The van der Waals surface area contributed by atoms with E-state index in [1.165, 1.54) is 5.56 Å². The van der Waals surface area contributed by atoms with Crippen LogP contribution in [0.2, 0.25) is 0 Å². The summed E-state index contributed by atoms with van der Waals surface area (Å²) < 4.78 is 0. The smallest absolute Gasteiger partial charge is 0.252 e. The van der Waals surface area contributed by atoms with Gasteiger partial charge >= 0.3 is 0 Å². The lowest BCUT2D eigenvalue weighted by Crippen LogP contribution is -2.46. The molecule has 4 nitrogen and oxygen atoms in total. The number of hydrogen-bond donors (Lipinski definition) is 2. The second-order valence-corrected chi connectivity index (χ2v) is 6.47. The molecule has 0 saturated heterocycles. The van der Waals surface area contributed by atoms with E-state index < -0.39 is 0 Å². The average molecular weight is 339 g/mol. The predicted molar refractivity (Wildman–Crippen MR) is 81.1 cm³/mol. The minimum Gasteiger partial charge on any atom is -0.273 e. The van der Waals surface area contributed by atoms with Gasteiger partial charge in [0.05, 0.1) is 4.83 Å². The predicted octanol–water partition coefficient (Wildman–Crippen LogP) is 2.36. The lowest BCUT2D eigenvalue weighted by atomic mass is 10.1.